The number of nitrogens with zero attached hydrogens (tertiary/aromatic N) is 2. The summed E-state index contributed by atoms with van der Waals surface area (Å²) in [7, 11) is -3.32. The van der Waals surface area contributed by atoms with Crippen molar-refractivity contribution in [2.45, 2.75) is 4.90 Å². The molecule has 7 heteroatoms. The maximum atomic E-state index is 12.0. The number of hydrogen-bond donors (Lipinski definition) is 1. The van der Waals surface area contributed by atoms with E-state index < -0.39 is 9.84 Å². The van der Waals surface area contributed by atoms with Crippen LogP contribution in [0.5, 0.6) is 11.5 Å². The number of pyridine rings is 1. The molecule has 0 spiro atoms. The minimum atomic E-state index is -3.32. The van der Waals surface area contributed by atoms with Crippen LogP contribution in [0.4, 0.5) is 0 Å². The van der Waals surface area contributed by atoms with Crippen LogP contribution in [0.25, 0.3) is 33.3 Å². The summed E-state index contributed by atoms with van der Waals surface area (Å²) in [6.45, 7) is 0. The quantitative estimate of drug-likeness (QED) is 0.390. The first-order valence-electron chi connectivity index (χ1n) is 9.95. The van der Waals surface area contributed by atoms with Crippen molar-refractivity contribution in [2.75, 3.05) is 6.26 Å². The second-order valence-corrected chi connectivity index (χ2v) is 9.43. The highest BCUT2D eigenvalue weighted by atomic mass is 32.2. The standard InChI is InChI=1S/C25H19N3O3S/c1-32(29,30)21-9-5-6-18(14-21)24-25-23(16-27-28-25)22(15-26-24)17-10-12-20(13-11-17)31-19-7-3-2-4-8-19/h2-16H,1H3,(H,27,28). The lowest BCUT2D eigenvalue weighted by atomic mass is 10.0. The van der Waals surface area contributed by atoms with Gasteiger partial charge in [-0.1, -0.05) is 42.5 Å². The molecule has 0 saturated heterocycles. The molecule has 0 radical (unpaired) electrons. The summed E-state index contributed by atoms with van der Waals surface area (Å²) in [5, 5.41) is 8.12. The van der Waals surface area contributed by atoms with Gasteiger partial charge in [0, 0.05) is 29.0 Å². The fourth-order valence-corrected chi connectivity index (χ4v) is 4.25. The van der Waals surface area contributed by atoms with E-state index >= 15 is 0 Å². The van der Waals surface area contributed by atoms with Crippen molar-refractivity contribution < 1.29 is 13.2 Å². The fourth-order valence-electron chi connectivity index (χ4n) is 3.58. The van der Waals surface area contributed by atoms with Crippen LogP contribution >= 0.6 is 0 Å². The molecule has 2 heterocycles. The Balaban J connectivity index is 1.52. The minimum absolute atomic E-state index is 0.252. The van der Waals surface area contributed by atoms with Gasteiger partial charge in [0.25, 0.3) is 0 Å². The number of hydrogen-bond acceptors (Lipinski definition) is 5. The number of aromatic nitrogens is 3. The van der Waals surface area contributed by atoms with E-state index in [2.05, 4.69) is 15.2 Å². The largest absolute Gasteiger partial charge is 0.457 e. The predicted molar refractivity (Wildman–Crippen MR) is 124 cm³/mol. The minimum Gasteiger partial charge on any atom is -0.457 e. The fraction of sp³-hybridized carbons (Fsp3) is 0.0400. The van der Waals surface area contributed by atoms with Crippen LogP contribution in [0.3, 0.4) is 0 Å². The summed E-state index contributed by atoms with van der Waals surface area (Å²) in [5.74, 6) is 1.52. The number of aromatic amines is 1. The molecular formula is C25H19N3O3S. The van der Waals surface area contributed by atoms with Crippen molar-refractivity contribution in [2.24, 2.45) is 0 Å². The van der Waals surface area contributed by atoms with Gasteiger partial charge in [-0.3, -0.25) is 10.1 Å². The highest BCUT2D eigenvalue weighted by molar-refractivity contribution is 7.90. The molecule has 5 aromatic rings. The second kappa shape index (κ2) is 7.94. The van der Waals surface area contributed by atoms with Crippen LogP contribution in [0.1, 0.15) is 0 Å². The van der Waals surface area contributed by atoms with Crippen molar-refractivity contribution in [1.82, 2.24) is 15.2 Å². The van der Waals surface area contributed by atoms with Crippen molar-refractivity contribution in [3.63, 3.8) is 0 Å². The molecule has 1 N–H and O–H groups in total. The Kier molecular flexibility index (Phi) is 4.95. The Labute approximate surface area is 185 Å². The third kappa shape index (κ3) is 3.86. The monoisotopic (exact) mass is 441 g/mol. The Morgan fingerprint density at radius 3 is 2.31 bits per heavy atom. The summed E-state index contributed by atoms with van der Waals surface area (Å²) in [4.78, 5) is 4.89. The lowest BCUT2D eigenvalue weighted by Crippen LogP contribution is -1.97. The van der Waals surface area contributed by atoms with Crippen LogP contribution in [0.15, 0.2) is 96.2 Å². The molecule has 2 aromatic heterocycles. The van der Waals surface area contributed by atoms with E-state index in [4.69, 9.17) is 4.74 Å². The van der Waals surface area contributed by atoms with Gasteiger partial charge in [-0.25, -0.2) is 8.42 Å². The molecule has 0 saturated carbocycles. The molecule has 0 atom stereocenters. The zero-order chi connectivity index (χ0) is 22.1. The molecule has 0 aliphatic rings. The summed E-state index contributed by atoms with van der Waals surface area (Å²) >= 11 is 0. The number of para-hydroxylation sites is 1. The molecule has 0 amide bonds. The van der Waals surface area contributed by atoms with Crippen LogP contribution in [0.2, 0.25) is 0 Å². The molecule has 32 heavy (non-hydrogen) atoms. The number of H-pyrrole nitrogens is 1. The highest BCUT2D eigenvalue weighted by Gasteiger charge is 2.15. The topological polar surface area (TPSA) is 84.9 Å². The van der Waals surface area contributed by atoms with E-state index in [1.165, 1.54) is 6.26 Å². The zero-order valence-electron chi connectivity index (χ0n) is 17.2. The average Bonchev–Trinajstić information content (AvgIpc) is 3.29. The van der Waals surface area contributed by atoms with Gasteiger partial charge in [0.1, 0.15) is 11.5 Å². The van der Waals surface area contributed by atoms with E-state index in [0.29, 0.717) is 11.3 Å². The number of ether oxygens (including phenoxy) is 1. The van der Waals surface area contributed by atoms with Gasteiger partial charge in [-0.15, -0.1) is 0 Å². The third-order valence-electron chi connectivity index (χ3n) is 5.17. The van der Waals surface area contributed by atoms with Crippen LogP contribution in [0, 0.1) is 0 Å². The lowest BCUT2D eigenvalue weighted by Gasteiger charge is -2.10. The number of benzene rings is 3. The predicted octanol–water partition coefficient (Wildman–Crippen LogP) is 5.49. The summed E-state index contributed by atoms with van der Waals surface area (Å²) in [6.07, 6.45) is 4.73. The molecule has 158 valence electrons. The molecular weight excluding hydrogens is 422 g/mol. The van der Waals surface area contributed by atoms with E-state index in [1.807, 2.05) is 60.7 Å². The zero-order valence-corrected chi connectivity index (χ0v) is 18.0. The second-order valence-electron chi connectivity index (χ2n) is 7.42. The van der Waals surface area contributed by atoms with Gasteiger partial charge in [0.15, 0.2) is 9.84 Å². The Morgan fingerprint density at radius 1 is 0.812 bits per heavy atom. The van der Waals surface area contributed by atoms with Gasteiger partial charge in [-0.05, 0) is 42.0 Å². The maximum absolute atomic E-state index is 12.0. The maximum Gasteiger partial charge on any atom is 0.175 e. The van der Waals surface area contributed by atoms with Crippen molar-refractivity contribution in [3.05, 3.63) is 91.3 Å². The normalized spacial score (nSPS) is 11.5. The summed E-state index contributed by atoms with van der Waals surface area (Å²) in [5.41, 5.74) is 4.00. The van der Waals surface area contributed by atoms with E-state index in [-0.39, 0.29) is 4.90 Å². The van der Waals surface area contributed by atoms with Crippen LogP contribution in [-0.4, -0.2) is 29.9 Å². The van der Waals surface area contributed by atoms with Gasteiger partial charge >= 0.3 is 0 Å². The van der Waals surface area contributed by atoms with E-state index in [1.54, 1.807) is 30.6 Å². The molecule has 5 rings (SSSR count). The SMILES string of the molecule is CS(=O)(=O)c1cccc(-c2ncc(-c3ccc(Oc4ccccc4)cc3)c3cn[nH]c23)c1. The van der Waals surface area contributed by atoms with E-state index in [0.717, 1.165) is 33.5 Å². The third-order valence-corrected chi connectivity index (χ3v) is 6.28. The molecule has 6 nitrogen and oxygen atoms in total. The van der Waals surface area contributed by atoms with Gasteiger partial charge in [0.2, 0.25) is 0 Å². The highest BCUT2D eigenvalue weighted by Crippen LogP contribution is 2.34. The van der Waals surface area contributed by atoms with Gasteiger partial charge in [-0.2, -0.15) is 5.10 Å². The van der Waals surface area contributed by atoms with Crippen molar-refractivity contribution in [3.8, 4) is 33.9 Å². The molecule has 3 aromatic carbocycles. The molecule has 0 bridgehead atoms. The number of sulfone groups is 1. The number of nitrogens with one attached hydrogen (secondary N) is 1. The van der Waals surface area contributed by atoms with Crippen LogP contribution < -0.4 is 4.74 Å². The smallest absolute Gasteiger partial charge is 0.175 e. The van der Waals surface area contributed by atoms with Gasteiger partial charge < -0.3 is 4.74 Å². The van der Waals surface area contributed by atoms with Crippen LogP contribution in [-0.2, 0) is 9.84 Å². The number of fused-ring (bicyclic) bond motifs is 1. The lowest BCUT2D eigenvalue weighted by molar-refractivity contribution is 0.483. The molecule has 0 aliphatic heterocycles. The Bertz CT molecular complexity index is 1510. The average molecular weight is 442 g/mol. The summed E-state index contributed by atoms with van der Waals surface area (Å²) < 4.78 is 29.8. The first-order valence-corrected chi connectivity index (χ1v) is 11.8. The van der Waals surface area contributed by atoms with Gasteiger partial charge in [0.05, 0.1) is 22.3 Å². The molecule has 0 fully saturated rings. The molecule has 0 aliphatic carbocycles. The Morgan fingerprint density at radius 2 is 1.56 bits per heavy atom. The molecule has 0 unspecified atom stereocenters. The first-order chi connectivity index (χ1) is 15.5. The number of rotatable bonds is 5. The van der Waals surface area contributed by atoms with E-state index in [9.17, 15) is 8.42 Å². The summed E-state index contributed by atoms with van der Waals surface area (Å²) in [6, 6.07) is 24.2. The van der Waals surface area contributed by atoms with Crippen molar-refractivity contribution >= 4 is 20.7 Å². The van der Waals surface area contributed by atoms with Crippen molar-refractivity contribution in [1.29, 1.82) is 0 Å². The Hall–Kier alpha value is -3.97. The first kappa shape index (κ1) is 20.0.